The largest absolute Gasteiger partial charge is 0.487 e. The van der Waals surface area contributed by atoms with Crippen molar-refractivity contribution >= 4 is 11.7 Å². The highest BCUT2D eigenvalue weighted by molar-refractivity contribution is 5.88. The van der Waals surface area contributed by atoms with Crippen molar-refractivity contribution in [3.8, 4) is 5.75 Å². The van der Waals surface area contributed by atoms with Gasteiger partial charge in [-0.2, -0.15) is 0 Å². The average Bonchev–Trinajstić information content (AvgIpc) is 2.46. The second-order valence-electron chi connectivity index (χ2n) is 4.34. The second-order valence-corrected chi connectivity index (χ2v) is 4.34. The number of esters is 1. The summed E-state index contributed by atoms with van der Waals surface area (Å²) < 4.78 is 10.3. The van der Waals surface area contributed by atoms with Crippen LogP contribution in [0.1, 0.15) is 21.6 Å². The number of aromatic nitrogens is 1. The lowest BCUT2D eigenvalue weighted by Crippen LogP contribution is -2.04. The van der Waals surface area contributed by atoms with Crippen molar-refractivity contribution in [2.75, 3.05) is 12.8 Å². The number of pyridine rings is 1. The van der Waals surface area contributed by atoms with Crippen LogP contribution in [0.5, 0.6) is 5.75 Å². The number of nitrogen functional groups attached to an aromatic ring is 1. The fourth-order valence-electron chi connectivity index (χ4n) is 1.73. The first-order valence-corrected chi connectivity index (χ1v) is 6.12. The van der Waals surface area contributed by atoms with Gasteiger partial charge in [-0.3, -0.25) is 4.98 Å². The molecule has 0 amide bonds. The molecule has 0 saturated carbocycles. The van der Waals surface area contributed by atoms with Gasteiger partial charge in [0.15, 0.2) is 0 Å². The van der Waals surface area contributed by atoms with Crippen LogP contribution in [0.15, 0.2) is 36.5 Å². The van der Waals surface area contributed by atoms with Gasteiger partial charge in [0, 0.05) is 11.9 Å². The van der Waals surface area contributed by atoms with E-state index in [4.69, 9.17) is 10.5 Å². The minimum Gasteiger partial charge on any atom is -0.487 e. The summed E-state index contributed by atoms with van der Waals surface area (Å²) in [5.74, 6) is 0.359. The van der Waals surface area contributed by atoms with Gasteiger partial charge < -0.3 is 15.2 Å². The van der Waals surface area contributed by atoms with Crippen LogP contribution in [-0.2, 0) is 11.3 Å². The molecule has 1 heterocycles. The molecule has 0 radical (unpaired) electrons. The fourth-order valence-corrected chi connectivity index (χ4v) is 1.73. The number of nitrogens with two attached hydrogens (primary N) is 1. The molecule has 104 valence electrons. The van der Waals surface area contributed by atoms with Gasteiger partial charge in [-0.25, -0.2) is 4.79 Å². The molecule has 2 aromatic rings. The van der Waals surface area contributed by atoms with E-state index < -0.39 is 5.97 Å². The lowest BCUT2D eigenvalue weighted by molar-refractivity contribution is 0.0600. The second kappa shape index (κ2) is 6.06. The normalized spacial score (nSPS) is 10.1. The molecule has 20 heavy (non-hydrogen) atoms. The number of rotatable bonds is 4. The van der Waals surface area contributed by atoms with Gasteiger partial charge in [0.2, 0.25) is 0 Å². The number of aryl methyl sites for hydroxylation is 1. The highest BCUT2D eigenvalue weighted by Crippen LogP contribution is 2.21. The topological polar surface area (TPSA) is 74.4 Å². The fraction of sp³-hybridized carbons (Fsp3) is 0.200. The number of methoxy groups -OCH3 is 1. The maximum absolute atomic E-state index is 11.3. The van der Waals surface area contributed by atoms with Crippen molar-refractivity contribution in [3.63, 3.8) is 0 Å². The lowest BCUT2D eigenvalue weighted by Gasteiger charge is -2.09. The Morgan fingerprint density at radius 1 is 1.30 bits per heavy atom. The third-order valence-electron chi connectivity index (χ3n) is 2.82. The Bertz CT molecular complexity index is 609. The van der Waals surface area contributed by atoms with Gasteiger partial charge in [-0.15, -0.1) is 0 Å². The van der Waals surface area contributed by atoms with Crippen LogP contribution in [0.3, 0.4) is 0 Å². The van der Waals surface area contributed by atoms with Gasteiger partial charge in [0.05, 0.1) is 18.4 Å². The molecule has 0 aliphatic carbocycles. The van der Waals surface area contributed by atoms with Crippen LogP contribution in [0, 0.1) is 6.92 Å². The number of anilines is 1. The predicted octanol–water partition coefficient (Wildman–Crippen LogP) is 2.34. The molecule has 0 spiro atoms. The quantitative estimate of drug-likeness (QED) is 0.683. The van der Waals surface area contributed by atoms with Crippen LogP contribution >= 0.6 is 0 Å². The first-order valence-electron chi connectivity index (χ1n) is 6.12. The van der Waals surface area contributed by atoms with Crippen molar-refractivity contribution in [3.05, 3.63) is 53.3 Å². The van der Waals surface area contributed by atoms with Crippen molar-refractivity contribution in [1.29, 1.82) is 0 Å². The number of hydrogen-bond acceptors (Lipinski definition) is 5. The van der Waals surface area contributed by atoms with E-state index in [0.717, 1.165) is 17.0 Å². The summed E-state index contributed by atoms with van der Waals surface area (Å²) in [5, 5.41) is 0. The van der Waals surface area contributed by atoms with Gasteiger partial charge >= 0.3 is 5.97 Å². The van der Waals surface area contributed by atoms with Crippen molar-refractivity contribution in [2.45, 2.75) is 13.5 Å². The summed E-state index contributed by atoms with van der Waals surface area (Å²) >= 11 is 0. The minimum absolute atomic E-state index is 0.326. The third-order valence-corrected chi connectivity index (χ3v) is 2.82. The monoisotopic (exact) mass is 272 g/mol. The van der Waals surface area contributed by atoms with Crippen LogP contribution in [0.4, 0.5) is 5.69 Å². The molecule has 0 saturated heterocycles. The van der Waals surface area contributed by atoms with E-state index in [1.54, 1.807) is 18.2 Å². The molecule has 0 aliphatic heterocycles. The Morgan fingerprint density at radius 2 is 2.10 bits per heavy atom. The van der Waals surface area contributed by atoms with Gasteiger partial charge in [-0.05, 0) is 42.8 Å². The number of hydrogen-bond donors (Lipinski definition) is 1. The summed E-state index contributed by atoms with van der Waals surface area (Å²) in [6.45, 7) is 2.26. The standard InChI is InChI=1S/C15H16N2O3/c1-10-7-12(16)4-6-14(10)20-9-13-5-3-11(8-17-13)15(18)19-2/h3-8H,9,16H2,1-2H3. The Balaban J connectivity index is 2.02. The molecule has 5 nitrogen and oxygen atoms in total. The molecule has 0 fully saturated rings. The summed E-state index contributed by atoms with van der Waals surface area (Å²) in [6.07, 6.45) is 1.47. The number of carbonyl (C=O) groups excluding carboxylic acids is 1. The van der Waals surface area contributed by atoms with E-state index in [1.165, 1.54) is 13.3 Å². The maximum Gasteiger partial charge on any atom is 0.339 e. The zero-order valence-electron chi connectivity index (χ0n) is 11.4. The Kier molecular flexibility index (Phi) is 4.20. The Labute approximate surface area is 117 Å². The van der Waals surface area contributed by atoms with E-state index in [2.05, 4.69) is 9.72 Å². The average molecular weight is 272 g/mol. The summed E-state index contributed by atoms with van der Waals surface area (Å²) in [4.78, 5) is 15.4. The Hall–Kier alpha value is -2.56. The number of ether oxygens (including phenoxy) is 2. The molecule has 0 bridgehead atoms. The molecular formula is C15H16N2O3. The van der Waals surface area contributed by atoms with Crippen molar-refractivity contribution in [2.24, 2.45) is 0 Å². The molecule has 1 aromatic heterocycles. The van der Waals surface area contributed by atoms with Gasteiger partial charge in [0.1, 0.15) is 12.4 Å². The molecule has 5 heteroatoms. The van der Waals surface area contributed by atoms with Crippen LogP contribution in [-0.4, -0.2) is 18.1 Å². The van der Waals surface area contributed by atoms with E-state index >= 15 is 0 Å². The van der Waals surface area contributed by atoms with E-state index in [1.807, 2.05) is 19.1 Å². The van der Waals surface area contributed by atoms with Gasteiger partial charge in [0.25, 0.3) is 0 Å². The molecule has 0 atom stereocenters. The Morgan fingerprint density at radius 3 is 2.70 bits per heavy atom. The molecule has 1 aromatic carbocycles. The maximum atomic E-state index is 11.3. The highest BCUT2D eigenvalue weighted by Gasteiger charge is 2.06. The summed E-state index contributed by atoms with van der Waals surface area (Å²) in [6, 6.07) is 8.86. The molecule has 0 unspecified atom stereocenters. The van der Waals surface area contributed by atoms with Crippen LogP contribution < -0.4 is 10.5 Å². The van der Waals surface area contributed by atoms with Crippen LogP contribution in [0.2, 0.25) is 0 Å². The summed E-state index contributed by atoms with van der Waals surface area (Å²) in [5.41, 5.74) is 8.50. The SMILES string of the molecule is COC(=O)c1ccc(COc2ccc(N)cc2C)nc1. The van der Waals surface area contributed by atoms with Gasteiger partial charge in [-0.1, -0.05) is 0 Å². The number of nitrogens with zero attached hydrogens (tertiary/aromatic N) is 1. The van der Waals surface area contributed by atoms with E-state index in [-0.39, 0.29) is 0 Å². The predicted molar refractivity (Wildman–Crippen MR) is 75.5 cm³/mol. The minimum atomic E-state index is -0.403. The first kappa shape index (κ1) is 13.9. The smallest absolute Gasteiger partial charge is 0.339 e. The van der Waals surface area contributed by atoms with Crippen molar-refractivity contribution < 1.29 is 14.3 Å². The van der Waals surface area contributed by atoms with E-state index in [0.29, 0.717) is 17.9 Å². The van der Waals surface area contributed by atoms with E-state index in [9.17, 15) is 4.79 Å². The summed E-state index contributed by atoms with van der Waals surface area (Å²) in [7, 11) is 1.34. The van der Waals surface area contributed by atoms with Crippen LogP contribution in [0.25, 0.3) is 0 Å². The molecular weight excluding hydrogens is 256 g/mol. The number of carbonyl (C=O) groups is 1. The zero-order valence-corrected chi connectivity index (χ0v) is 11.4. The third kappa shape index (κ3) is 3.26. The van der Waals surface area contributed by atoms with Crippen molar-refractivity contribution in [1.82, 2.24) is 4.98 Å². The molecule has 0 aliphatic rings. The molecule has 2 rings (SSSR count). The zero-order chi connectivity index (χ0) is 14.5. The number of benzene rings is 1. The first-order chi connectivity index (χ1) is 9.60. The highest BCUT2D eigenvalue weighted by atomic mass is 16.5. The molecule has 2 N–H and O–H groups in total. The lowest BCUT2D eigenvalue weighted by atomic mass is 10.2.